The topological polar surface area (TPSA) is 67.9 Å². The summed E-state index contributed by atoms with van der Waals surface area (Å²) in [6, 6.07) is 10.8. The van der Waals surface area contributed by atoms with Gasteiger partial charge in [0.05, 0.1) is 24.9 Å². The number of halogens is 1. The van der Waals surface area contributed by atoms with Gasteiger partial charge in [-0.05, 0) is 48.7 Å². The summed E-state index contributed by atoms with van der Waals surface area (Å²) in [4.78, 5) is 25.9. The normalized spacial score (nSPS) is 13.5. The Morgan fingerprint density at radius 1 is 1.14 bits per heavy atom. The predicted molar refractivity (Wildman–Crippen MR) is 110 cm³/mol. The van der Waals surface area contributed by atoms with Gasteiger partial charge < -0.3 is 19.7 Å². The molecule has 7 heteroatoms. The molecule has 28 heavy (non-hydrogen) atoms. The highest BCUT2D eigenvalue weighted by atomic mass is 35.5. The molecule has 1 aliphatic heterocycles. The Balaban J connectivity index is 1.59. The Labute approximate surface area is 169 Å². The second kappa shape index (κ2) is 8.97. The van der Waals surface area contributed by atoms with E-state index in [1.165, 1.54) is 0 Å². The van der Waals surface area contributed by atoms with Crippen LogP contribution in [-0.4, -0.2) is 32.6 Å². The third-order valence-electron chi connectivity index (χ3n) is 4.68. The molecule has 0 atom stereocenters. The zero-order chi connectivity index (χ0) is 20.1. The standard InChI is InChI=1S/C21H23ClN2O4/c1-27-18-9-5-14(12-19(18)28-2)6-10-20(25)23-15-7-8-17(16(22)13-15)24-11-3-4-21(24)26/h5,7-9,12-13H,3-4,6,10-11H2,1-2H3,(H,23,25). The van der Waals surface area contributed by atoms with E-state index in [1.807, 2.05) is 18.2 Å². The first kappa shape index (κ1) is 20.0. The number of nitrogens with zero attached hydrogens (tertiary/aromatic N) is 1. The van der Waals surface area contributed by atoms with Crippen LogP contribution < -0.4 is 19.7 Å². The Morgan fingerprint density at radius 2 is 1.93 bits per heavy atom. The zero-order valence-corrected chi connectivity index (χ0v) is 16.7. The minimum absolute atomic E-state index is 0.0774. The van der Waals surface area contributed by atoms with Crippen LogP contribution in [-0.2, 0) is 16.0 Å². The SMILES string of the molecule is COc1ccc(CCC(=O)Nc2ccc(N3CCCC3=O)c(Cl)c2)cc1OC. The average Bonchev–Trinajstić information content (AvgIpc) is 3.12. The highest BCUT2D eigenvalue weighted by Gasteiger charge is 2.23. The van der Waals surface area contributed by atoms with Crippen molar-refractivity contribution >= 4 is 34.8 Å². The number of rotatable bonds is 7. The minimum Gasteiger partial charge on any atom is -0.493 e. The molecule has 2 aromatic carbocycles. The van der Waals surface area contributed by atoms with Crippen LogP contribution in [0.2, 0.25) is 5.02 Å². The van der Waals surface area contributed by atoms with Gasteiger partial charge in [-0.25, -0.2) is 0 Å². The molecule has 0 unspecified atom stereocenters. The summed E-state index contributed by atoms with van der Waals surface area (Å²) in [5.74, 6) is 1.26. The van der Waals surface area contributed by atoms with Gasteiger partial charge in [0.25, 0.3) is 0 Å². The van der Waals surface area contributed by atoms with Crippen LogP contribution in [0.3, 0.4) is 0 Å². The van der Waals surface area contributed by atoms with Crippen molar-refractivity contribution in [3.05, 3.63) is 47.0 Å². The second-order valence-electron chi connectivity index (χ2n) is 6.55. The molecule has 1 heterocycles. The van der Waals surface area contributed by atoms with Crippen LogP contribution in [0.25, 0.3) is 0 Å². The molecule has 0 aliphatic carbocycles. The lowest BCUT2D eigenvalue weighted by molar-refractivity contribution is -0.117. The number of amides is 2. The highest BCUT2D eigenvalue weighted by Crippen LogP contribution is 2.32. The molecular formula is C21H23ClN2O4. The van der Waals surface area contributed by atoms with E-state index >= 15 is 0 Å². The fraction of sp³-hybridized carbons (Fsp3) is 0.333. The van der Waals surface area contributed by atoms with E-state index < -0.39 is 0 Å². The molecule has 0 bridgehead atoms. The third-order valence-corrected chi connectivity index (χ3v) is 4.99. The van der Waals surface area contributed by atoms with Gasteiger partial charge in [-0.15, -0.1) is 0 Å². The fourth-order valence-electron chi connectivity index (χ4n) is 3.22. The molecule has 0 radical (unpaired) electrons. The summed E-state index contributed by atoms with van der Waals surface area (Å²) in [6.45, 7) is 0.676. The molecule has 2 aromatic rings. The smallest absolute Gasteiger partial charge is 0.227 e. The summed E-state index contributed by atoms with van der Waals surface area (Å²) < 4.78 is 10.5. The number of aryl methyl sites for hydroxylation is 1. The highest BCUT2D eigenvalue weighted by molar-refractivity contribution is 6.34. The first-order chi connectivity index (χ1) is 13.5. The number of anilines is 2. The molecule has 6 nitrogen and oxygen atoms in total. The average molecular weight is 403 g/mol. The van der Waals surface area contributed by atoms with Gasteiger partial charge in [0.15, 0.2) is 11.5 Å². The van der Waals surface area contributed by atoms with Gasteiger partial charge in [-0.1, -0.05) is 17.7 Å². The van der Waals surface area contributed by atoms with Crippen LogP contribution in [0.5, 0.6) is 11.5 Å². The van der Waals surface area contributed by atoms with Gasteiger partial charge in [-0.2, -0.15) is 0 Å². The van der Waals surface area contributed by atoms with E-state index in [4.69, 9.17) is 21.1 Å². The molecule has 0 saturated carbocycles. The molecule has 148 valence electrons. The summed E-state index contributed by atoms with van der Waals surface area (Å²) >= 11 is 6.32. The number of hydrogen-bond acceptors (Lipinski definition) is 4. The molecule has 0 aromatic heterocycles. The monoisotopic (exact) mass is 402 g/mol. The van der Waals surface area contributed by atoms with Crippen molar-refractivity contribution in [2.75, 3.05) is 31.0 Å². The summed E-state index contributed by atoms with van der Waals surface area (Å²) in [5, 5.41) is 3.30. The van der Waals surface area contributed by atoms with Gasteiger partial charge in [-0.3, -0.25) is 9.59 Å². The lowest BCUT2D eigenvalue weighted by Gasteiger charge is -2.18. The Bertz CT molecular complexity index is 885. The fourth-order valence-corrected chi connectivity index (χ4v) is 3.51. The van der Waals surface area contributed by atoms with E-state index in [0.717, 1.165) is 12.0 Å². The molecule has 1 fully saturated rings. The maximum Gasteiger partial charge on any atom is 0.227 e. The molecule has 1 aliphatic rings. The number of carbonyl (C=O) groups is 2. The number of ether oxygens (including phenoxy) is 2. The molecule has 0 spiro atoms. The summed E-state index contributed by atoms with van der Waals surface area (Å²) in [6.07, 6.45) is 2.27. The third kappa shape index (κ3) is 4.57. The Hall–Kier alpha value is -2.73. The molecule has 2 amide bonds. The lowest BCUT2D eigenvalue weighted by Crippen LogP contribution is -2.24. The zero-order valence-electron chi connectivity index (χ0n) is 16.0. The Kier molecular flexibility index (Phi) is 6.41. The number of carbonyl (C=O) groups excluding carboxylic acids is 2. The Morgan fingerprint density at radius 3 is 2.57 bits per heavy atom. The van der Waals surface area contributed by atoms with Crippen molar-refractivity contribution < 1.29 is 19.1 Å². The van der Waals surface area contributed by atoms with Crippen LogP contribution >= 0.6 is 11.6 Å². The number of benzene rings is 2. The van der Waals surface area contributed by atoms with Gasteiger partial charge in [0, 0.05) is 25.1 Å². The van der Waals surface area contributed by atoms with Crippen molar-refractivity contribution in [2.45, 2.75) is 25.7 Å². The molecule has 1 N–H and O–H groups in total. The van der Waals surface area contributed by atoms with E-state index in [2.05, 4.69) is 5.32 Å². The molecule has 3 rings (SSSR count). The van der Waals surface area contributed by atoms with E-state index in [1.54, 1.807) is 37.3 Å². The molecule has 1 saturated heterocycles. The number of hydrogen-bond donors (Lipinski definition) is 1. The van der Waals surface area contributed by atoms with Crippen molar-refractivity contribution in [1.29, 1.82) is 0 Å². The second-order valence-corrected chi connectivity index (χ2v) is 6.96. The van der Waals surface area contributed by atoms with Gasteiger partial charge in [0.2, 0.25) is 11.8 Å². The van der Waals surface area contributed by atoms with Gasteiger partial charge in [0.1, 0.15) is 0 Å². The number of nitrogens with one attached hydrogen (secondary N) is 1. The largest absolute Gasteiger partial charge is 0.493 e. The predicted octanol–water partition coefficient (Wildman–Crippen LogP) is 4.06. The number of methoxy groups -OCH3 is 2. The summed E-state index contributed by atoms with van der Waals surface area (Å²) in [7, 11) is 3.17. The van der Waals surface area contributed by atoms with E-state index in [0.29, 0.717) is 53.7 Å². The van der Waals surface area contributed by atoms with Crippen LogP contribution in [0, 0.1) is 0 Å². The van der Waals surface area contributed by atoms with Gasteiger partial charge >= 0.3 is 0 Å². The van der Waals surface area contributed by atoms with Crippen molar-refractivity contribution in [3.8, 4) is 11.5 Å². The molecular weight excluding hydrogens is 380 g/mol. The maximum absolute atomic E-state index is 12.3. The van der Waals surface area contributed by atoms with Crippen molar-refractivity contribution in [3.63, 3.8) is 0 Å². The minimum atomic E-state index is -0.115. The summed E-state index contributed by atoms with van der Waals surface area (Å²) in [5.41, 5.74) is 2.28. The first-order valence-electron chi connectivity index (χ1n) is 9.12. The van der Waals surface area contributed by atoms with Crippen LogP contribution in [0.1, 0.15) is 24.8 Å². The van der Waals surface area contributed by atoms with E-state index in [9.17, 15) is 9.59 Å². The van der Waals surface area contributed by atoms with E-state index in [-0.39, 0.29) is 11.8 Å². The quantitative estimate of drug-likeness (QED) is 0.758. The van der Waals surface area contributed by atoms with Crippen LogP contribution in [0.15, 0.2) is 36.4 Å². The van der Waals surface area contributed by atoms with Crippen LogP contribution in [0.4, 0.5) is 11.4 Å². The first-order valence-corrected chi connectivity index (χ1v) is 9.50. The lowest BCUT2D eigenvalue weighted by atomic mass is 10.1. The van der Waals surface area contributed by atoms with Crippen molar-refractivity contribution in [1.82, 2.24) is 0 Å². The maximum atomic E-state index is 12.3. The van der Waals surface area contributed by atoms with Crippen molar-refractivity contribution in [2.24, 2.45) is 0 Å².